The number of hydrogen-bond donors (Lipinski definition) is 1. The van der Waals surface area contributed by atoms with Gasteiger partial charge in [0.1, 0.15) is 0 Å². The van der Waals surface area contributed by atoms with Crippen molar-refractivity contribution < 1.29 is 9.63 Å². The lowest BCUT2D eigenvalue weighted by molar-refractivity contribution is -0.139. The first-order valence-corrected chi connectivity index (χ1v) is 9.63. The van der Waals surface area contributed by atoms with Crippen molar-refractivity contribution in [3.05, 3.63) is 70.7 Å². The normalized spacial score (nSPS) is 18.3. The third-order valence-electron chi connectivity index (χ3n) is 5.14. The number of carbonyl (C=O) groups excluding carboxylic acids is 1. The van der Waals surface area contributed by atoms with Crippen molar-refractivity contribution in [2.24, 2.45) is 4.99 Å². The monoisotopic (exact) mass is 383 g/mol. The molecule has 4 rings (SSSR count). The molecule has 0 aromatic heterocycles. The second kappa shape index (κ2) is 7.71. The zero-order chi connectivity index (χ0) is 18.7. The van der Waals surface area contributed by atoms with E-state index in [-0.39, 0.29) is 5.91 Å². The highest BCUT2D eigenvalue weighted by Gasteiger charge is 2.41. The van der Waals surface area contributed by atoms with Crippen molar-refractivity contribution in [3.8, 4) is 0 Å². The first-order chi connectivity index (χ1) is 13.1. The first kappa shape index (κ1) is 18.0. The van der Waals surface area contributed by atoms with Crippen molar-refractivity contribution in [2.75, 3.05) is 13.1 Å². The summed E-state index contributed by atoms with van der Waals surface area (Å²) in [5.74, 6) is 0.914. The highest BCUT2D eigenvalue weighted by atomic mass is 35.5. The molecule has 0 unspecified atom stereocenters. The Labute approximate surface area is 163 Å². The largest absolute Gasteiger partial charge is 0.342 e. The van der Waals surface area contributed by atoms with Crippen LogP contribution in [-0.2, 0) is 16.1 Å². The molecule has 0 atom stereocenters. The average Bonchev–Trinajstić information content (AvgIpc) is 3.11. The van der Waals surface area contributed by atoms with Gasteiger partial charge in [0.15, 0.2) is 11.6 Å². The fourth-order valence-electron chi connectivity index (χ4n) is 3.50. The zero-order valence-corrected chi connectivity index (χ0v) is 15.8. The summed E-state index contributed by atoms with van der Waals surface area (Å²) in [7, 11) is 0. The highest BCUT2D eigenvalue weighted by molar-refractivity contribution is 6.30. The molecule has 2 aliphatic heterocycles. The van der Waals surface area contributed by atoms with Gasteiger partial charge in [-0.2, -0.15) is 0 Å². The zero-order valence-electron chi connectivity index (χ0n) is 15.0. The van der Waals surface area contributed by atoms with E-state index in [2.05, 4.69) is 17.6 Å². The van der Waals surface area contributed by atoms with Gasteiger partial charge in [0.2, 0.25) is 5.91 Å². The van der Waals surface area contributed by atoms with Crippen LogP contribution < -0.4 is 5.48 Å². The Bertz CT molecular complexity index is 828. The molecule has 2 aromatic rings. The molecule has 1 N–H and O–H groups in total. The summed E-state index contributed by atoms with van der Waals surface area (Å²) in [4.78, 5) is 25.0. The van der Waals surface area contributed by atoms with Crippen LogP contribution in [0.4, 0.5) is 0 Å². The maximum atomic E-state index is 12.5. The van der Waals surface area contributed by atoms with Crippen molar-refractivity contribution >= 4 is 23.3 Å². The SMILES string of the molecule is O=C(CCc1ccccc1)N1CCC2(CC1)N=C(c1ccc(Cl)cc1)NO2. The Morgan fingerprint density at radius 2 is 1.81 bits per heavy atom. The predicted molar refractivity (Wildman–Crippen MR) is 106 cm³/mol. The van der Waals surface area contributed by atoms with E-state index >= 15 is 0 Å². The van der Waals surface area contributed by atoms with Gasteiger partial charge < -0.3 is 4.90 Å². The summed E-state index contributed by atoms with van der Waals surface area (Å²) in [6, 6.07) is 17.6. The second-order valence-electron chi connectivity index (χ2n) is 6.98. The number of aryl methyl sites for hydroxylation is 1. The number of rotatable bonds is 4. The van der Waals surface area contributed by atoms with E-state index in [4.69, 9.17) is 21.4 Å². The highest BCUT2D eigenvalue weighted by Crippen LogP contribution is 2.31. The number of piperidine rings is 1. The molecule has 1 amide bonds. The Balaban J connectivity index is 1.33. The minimum atomic E-state index is -0.578. The molecule has 6 heteroatoms. The number of benzene rings is 2. The van der Waals surface area contributed by atoms with Gasteiger partial charge in [-0.05, 0) is 36.2 Å². The van der Waals surface area contributed by atoms with Crippen LogP contribution in [0.15, 0.2) is 59.6 Å². The van der Waals surface area contributed by atoms with Crippen LogP contribution in [0.1, 0.15) is 30.4 Å². The number of hydroxylamine groups is 1. The van der Waals surface area contributed by atoms with Gasteiger partial charge in [-0.25, -0.2) is 15.3 Å². The lowest BCUT2D eigenvalue weighted by Crippen LogP contribution is -2.46. The molecule has 0 saturated carbocycles. The average molecular weight is 384 g/mol. The topological polar surface area (TPSA) is 53.9 Å². The maximum absolute atomic E-state index is 12.5. The summed E-state index contributed by atoms with van der Waals surface area (Å²) in [5.41, 5.74) is 4.51. The minimum absolute atomic E-state index is 0.196. The molecule has 2 aliphatic rings. The molecule has 1 spiro atoms. The van der Waals surface area contributed by atoms with Gasteiger partial charge in [0.25, 0.3) is 0 Å². The molecule has 0 aliphatic carbocycles. The van der Waals surface area contributed by atoms with E-state index in [1.165, 1.54) is 5.56 Å². The second-order valence-corrected chi connectivity index (χ2v) is 7.42. The number of carbonyl (C=O) groups is 1. The standard InChI is InChI=1S/C21H22ClN3O2/c22-18-9-7-17(8-10-18)20-23-21(27-24-20)12-14-25(15-13-21)19(26)11-6-16-4-2-1-3-5-16/h1-5,7-10H,6,11-15H2,(H,23,24). The summed E-state index contributed by atoms with van der Waals surface area (Å²) < 4.78 is 0. The molecule has 0 bridgehead atoms. The number of amides is 1. The van der Waals surface area contributed by atoms with Crippen molar-refractivity contribution in [2.45, 2.75) is 31.4 Å². The summed E-state index contributed by atoms with van der Waals surface area (Å²) in [5, 5.41) is 0.690. The molecule has 2 aromatic carbocycles. The number of nitrogens with zero attached hydrogens (tertiary/aromatic N) is 2. The van der Waals surface area contributed by atoms with Crippen LogP contribution in [0.5, 0.6) is 0 Å². The van der Waals surface area contributed by atoms with Crippen LogP contribution in [0.2, 0.25) is 5.02 Å². The third-order valence-corrected chi connectivity index (χ3v) is 5.39. The number of halogens is 1. The van der Waals surface area contributed by atoms with Crippen LogP contribution in [0.3, 0.4) is 0 Å². The van der Waals surface area contributed by atoms with Gasteiger partial charge in [-0.3, -0.25) is 4.79 Å². The quantitative estimate of drug-likeness (QED) is 0.878. The van der Waals surface area contributed by atoms with E-state index in [1.807, 2.05) is 47.4 Å². The number of amidine groups is 1. The lowest BCUT2D eigenvalue weighted by Gasteiger charge is -2.35. The van der Waals surface area contributed by atoms with E-state index < -0.39 is 5.72 Å². The maximum Gasteiger partial charge on any atom is 0.222 e. The van der Waals surface area contributed by atoms with Gasteiger partial charge in [0, 0.05) is 42.9 Å². The molecule has 27 heavy (non-hydrogen) atoms. The molecule has 140 valence electrons. The number of hydrogen-bond acceptors (Lipinski definition) is 4. The predicted octanol–water partition coefficient (Wildman–Crippen LogP) is 3.57. The first-order valence-electron chi connectivity index (χ1n) is 9.25. The van der Waals surface area contributed by atoms with Crippen LogP contribution in [-0.4, -0.2) is 35.5 Å². The van der Waals surface area contributed by atoms with Gasteiger partial charge >= 0.3 is 0 Å². The molecule has 1 saturated heterocycles. The Morgan fingerprint density at radius 3 is 2.52 bits per heavy atom. The van der Waals surface area contributed by atoms with Crippen molar-refractivity contribution in [1.29, 1.82) is 0 Å². The fraction of sp³-hybridized carbons (Fsp3) is 0.333. The van der Waals surface area contributed by atoms with Crippen LogP contribution in [0.25, 0.3) is 0 Å². The molecular weight excluding hydrogens is 362 g/mol. The molecule has 1 fully saturated rings. The number of likely N-dealkylation sites (tertiary alicyclic amines) is 1. The molecule has 2 heterocycles. The minimum Gasteiger partial charge on any atom is -0.342 e. The molecule has 5 nitrogen and oxygen atoms in total. The van der Waals surface area contributed by atoms with Crippen molar-refractivity contribution in [3.63, 3.8) is 0 Å². The Hall–Kier alpha value is -2.37. The van der Waals surface area contributed by atoms with E-state index in [9.17, 15) is 4.79 Å². The van der Waals surface area contributed by atoms with Crippen LogP contribution >= 0.6 is 11.6 Å². The van der Waals surface area contributed by atoms with Gasteiger partial charge in [-0.1, -0.05) is 41.9 Å². The fourth-order valence-corrected chi connectivity index (χ4v) is 3.62. The van der Waals surface area contributed by atoms with Crippen molar-refractivity contribution in [1.82, 2.24) is 10.4 Å². The summed E-state index contributed by atoms with van der Waals surface area (Å²) in [6.45, 7) is 1.32. The third kappa shape index (κ3) is 4.15. The van der Waals surface area contributed by atoms with E-state index in [1.54, 1.807) is 0 Å². The summed E-state index contributed by atoms with van der Waals surface area (Å²) >= 11 is 5.94. The summed E-state index contributed by atoms with van der Waals surface area (Å²) in [6.07, 6.45) is 2.69. The molecule has 0 radical (unpaired) electrons. The number of nitrogens with one attached hydrogen (secondary N) is 1. The van der Waals surface area contributed by atoms with Crippen LogP contribution in [0, 0.1) is 0 Å². The van der Waals surface area contributed by atoms with E-state index in [0.29, 0.717) is 37.4 Å². The van der Waals surface area contributed by atoms with Gasteiger partial charge in [-0.15, -0.1) is 0 Å². The molecular formula is C21H22ClN3O2. The van der Waals surface area contributed by atoms with Gasteiger partial charge in [0.05, 0.1) is 0 Å². The smallest absolute Gasteiger partial charge is 0.222 e. The Morgan fingerprint density at radius 1 is 1.11 bits per heavy atom. The lowest BCUT2D eigenvalue weighted by atomic mass is 10.00. The number of aliphatic imine (C=N–C) groups is 1. The van der Waals surface area contributed by atoms with E-state index in [0.717, 1.165) is 17.8 Å². The Kier molecular flexibility index (Phi) is 5.14.